The summed E-state index contributed by atoms with van der Waals surface area (Å²) in [6.45, 7) is 10.7. The molecule has 2 bridgehead atoms. The third-order valence-corrected chi connectivity index (χ3v) is 4.54. The second kappa shape index (κ2) is 5.63. The standard InChI is InChI=1S/C16H29NO/c1-11(2)9-17(10-12(3)4)16(18)15-8-13-5-6-14(15)7-13/h11-15H,5-10H2,1-4H3/t13-,14-,15+/m1/s1. The normalized spacial score (nSPS) is 30.4. The molecule has 1 amide bonds. The Balaban J connectivity index is 1.98. The van der Waals surface area contributed by atoms with Crippen LogP contribution in [0.3, 0.4) is 0 Å². The fourth-order valence-corrected chi connectivity index (χ4v) is 3.92. The van der Waals surface area contributed by atoms with Crippen LogP contribution in [0.2, 0.25) is 0 Å². The zero-order chi connectivity index (χ0) is 13.3. The Hall–Kier alpha value is -0.530. The fourth-order valence-electron chi connectivity index (χ4n) is 3.92. The molecule has 3 atom stereocenters. The van der Waals surface area contributed by atoms with E-state index in [1.807, 2.05) is 0 Å². The third-order valence-electron chi connectivity index (χ3n) is 4.54. The van der Waals surface area contributed by atoms with E-state index in [9.17, 15) is 4.79 Å². The third kappa shape index (κ3) is 3.07. The predicted octanol–water partition coefficient (Wildman–Crippen LogP) is 3.56. The van der Waals surface area contributed by atoms with Crippen LogP contribution in [0.15, 0.2) is 0 Å². The number of rotatable bonds is 5. The summed E-state index contributed by atoms with van der Waals surface area (Å²) in [5, 5.41) is 0. The number of carbonyl (C=O) groups is 1. The second-order valence-corrected chi connectivity index (χ2v) is 7.31. The minimum absolute atomic E-state index is 0.362. The summed E-state index contributed by atoms with van der Waals surface area (Å²) in [4.78, 5) is 14.9. The van der Waals surface area contributed by atoms with Crippen molar-refractivity contribution in [2.75, 3.05) is 13.1 Å². The molecule has 2 fully saturated rings. The van der Waals surface area contributed by atoms with Gasteiger partial charge in [0, 0.05) is 19.0 Å². The molecule has 2 heteroatoms. The van der Waals surface area contributed by atoms with Gasteiger partial charge in [0.25, 0.3) is 0 Å². The lowest BCUT2D eigenvalue weighted by atomic mass is 9.87. The minimum atomic E-state index is 0.362. The van der Waals surface area contributed by atoms with Gasteiger partial charge in [0.05, 0.1) is 0 Å². The van der Waals surface area contributed by atoms with Crippen LogP contribution in [0.4, 0.5) is 0 Å². The summed E-state index contributed by atoms with van der Waals surface area (Å²) in [7, 11) is 0. The van der Waals surface area contributed by atoms with Crippen molar-refractivity contribution < 1.29 is 4.79 Å². The first-order valence-electron chi connectivity index (χ1n) is 7.76. The van der Waals surface area contributed by atoms with Gasteiger partial charge in [0.1, 0.15) is 0 Å². The van der Waals surface area contributed by atoms with Gasteiger partial charge in [-0.2, -0.15) is 0 Å². The van der Waals surface area contributed by atoms with Crippen molar-refractivity contribution in [3.63, 3.8) is 0 Å². The number of hydrogen-bond acceptors (Lipinski definition) is 1. The van der Waals surface area contributed by atoms with Crippen molar-refractivity contribution in [3.8, 4) is 0 Å². The lowest BCUT2D eigenvalue weighted by Gasteiger charge is -2.32. The average Bonchev–Trinajstić information content (AvgIpc) is 2.87. The van der Waals surface area contributed by atoms with E-state index in [2.05, 4.69) is 32.6 Å². The van der Waals surface area contributed by atoms with Crippen LogP contribution >= 0.6 is 0 Å². The van der Waals surface area contributed by atoms with E-state index in [4.69, 9.17) is 0 Å². The van der Waals surface area contributed by atoms with Gasteiger partial charge in [-0.15, -0.1) is 0 Å². The van der Waals surface area contributed by atoms with Gasteiger partial charge in [-0.05, 0) is 42.9 Å². The van der Waals surface area contributed by atoms with Crippen molar-refractivity contribution in [2.24, 2.45) is 29.6 Å². The summed E-state index contributed by atoms with van der Waals surface area (Å²) in [6, 6.07) is 0. The number of fused-ring (bicyclic) bond motifs is 2. The fraction of sp³-hybridized carbons (Fsp3) is 0.938. The van der Waals surface area contributed by atoms with E-state index in [-0.39, 0.29) is 0 Å². The Morgan fingerprint density at radius 3 is 2.06 bits per heavy atom. The van der Waals surface area contributed by atoms with Crippen molar-refractivity contribution in [1.82, 2.24) is 4.90 Å². The lowest BCUT2D eigenvalue weighted by Crippen LogP contribution is -2.42. The van der Waals surface area contributed by atoms with Gasteiger partial charge in [0.15, 0.2) is 0 Å². The highest BCUT2D eigenvalue weighted by atomic mass is 16.2. The molecule has 0 spiro atoms. The Bertz CT molecular complexity index is 287. The van der Waals surface area contributed by atoms with Gasteiger partial charge in [-0.1, -0.05) is 34.1 Å². The van der Waals surface area contributed by atoms with Crippen molar-refractivity contribution in [3.05, 3.63) is 0 Å². The van der Waals surface area contributed by atoms with Crippen LogP contribution in [-0.2, 0) is 4.79 Å². The number of hydrogen-bond donors (Lipinski definition) is 0. The molecule has 0 aliphatic heterocycles. The molecule has 2 aliphatic carbocycles. The highest BCUT2D eigenvalue weighted by Gasteiger charge is 2.44. The van der Waals surface area contributed by atoms with E-state index in [1.54, 1.807) is 0 Å². The molecule has 2 saturated carbocycles. The smallest absolute Gasteiger partial charge is 0.225 e. The highest BCUT2D eigenvalue weighted by Crippen LogP contribution is 2.48. The molecule has 18 heavy (non-hydrogen) atoms. The topological polar surface area (TPSA) is 20.3 Å². The first-order chi connectivity index (χ1) is 8.47. The summed E-state index contributed by atoms with van der Waals surface area (Å²) in [5.41, 5.74) is 0. The molecular formula is C16H29NO. The maximum atomic E-state index is 12.7. The zero-order valence-electron chi connectivity index (χ0n) is 12.5. The molecule has 0 radical (unpaired) electrons. The Morgan fingerprint density at radius 2 is 1.67 bits per heavy atom. The van der Waals surface area contributed by atoms with Crippen molar-refractivity contribution in [1.29, 1.82) is 0 Å². The molecule has 0 aromatic heterocycles. The molecule has 0 saturated heterocycles. The van der Waals surface area contributed by atoms with Crippen LogP contribution in [0.5, 0.6) is 0 Å². The van der Waals surface area contributed by atoms with E-state index >= 15 is 0 Å². The Labute approximate surface area is 112 Å². The van der Waals surface area contributed by atoms with Gasteiger partial charge < -0.3 is 4.90 Å². The first-order valence-corrected chi connectivity index (χ1v) is 7.76. The lowest BCUT2D eigenvalue weighted by molar-refractivity contribution is -0.138. The maximum Gasteiger partial charge on any atom is 0.225 e. The molecule has 104 valence electrons. The van der Waals surface area contributed by atoms with E-state index in [0.29, 0.717) is 29.6 Å². The van der Waals surface area contributed by atoms with Gasteiger partial charge in [-0.3, -0.25) is 4.79 Å². The maximum absolute atomic E-state index is 12.7. The largest absolute Gasteiger partial charge is 0.342 e. The molecule has 0 aromatic rings. The molecule has 2 rings (SSSR count). The SMILES string of the molecule is CC(C)CN(CC(C)C)C(=O)[C@H]1C[C@@H]2CC[C@@H]1C2. The van der Waals surface area contributed by atoms with Crippen molar-refractivity contribution >= 4 is 5.91 Å². The van der Waals surface area contributed by atoms with Crippen LogP contribution in [0.1, 0.15) is 53.4 Å². The summed E-state index contributed by atoms with van der Waals surface area (Å²) in [6.07, 6.45) is 5.19. The Kier molecular flexibility index (Phi) is 4.34. The predicted molar refractivity (Wildman–Crippen MR) is 75.2 cm³/mol. The van der Waals surface area contributed by atoms with Gasteiger partial charge in [0.2, 0.25) is 5.91 Å². The number of amides is 1. The first kappa shape index (κ1) is 13.9. The minimum Gasteiger partial charge on any atom is -0.342 e. The monoisotopic (exact) mass is 251 g/mol. The molecule has 0 aromatic carbocycles. The summed E-state index contributed by atoms with van der Waals surface area (Å²) >= 11 is 0. The van der Waals surface area contributed by atoms with Gasteiger partial charge in [-0.25, -0.2) is 0 Å². The molecule has 0 unspecified atom stereocenters. The van der Waals surface area contributed by atoms with Crippen LogP contribution in [0.25, 0.3) is 0 Å². The van der Waals surface area contributed by atoms with Crippen LogP contribution in [-0.4, -0.2) is 23.9 Å². The quantitative estimate of drug-likeness (QED) is 0.731. The Morgan fingerprint density at radius 1 is 1.06 bits per heavy atom. The molecule has 0 N–H and O–H groups in total. The molecule has 2 nitrogen and oxygen atoms in total. The molecule has 0 heterocycles. The van der Waals surface area contributed by atoms with Crippen LogP contribution in [0, 0.1) is 29.6 Å². The van der Waals surface area contributed by atoms with Crippen molar-refractivity contribution in [2.45, 2.75) is 53.4 Å². The van der Waals surface area contributed by atoms with Crippen LogP contribution < -0.4 is 0 Å². The van der Waals surface area contributed by atoms with E-state index in [0.717, 1.165) is 19.0 Å². The number of nitrogens with zero attached hydrogens (tertiary/aromatic N) is 1. The number of carbonyl (C=O) groups excluding carboxylic acids is 1. The summed E-state index contributed by atoms with van der Waals surface area (Å²) < 4.78 is 0. The zero-order valence-corrected chi connectivity index (χ0v) is 12.5. The molecule has 2 aliphatic rings. The van der Waals surface area contributed by atoms with Gasteiger partial charge >= 0.3 is 0 Å². The van der Waals surface area contributed by atoms with E-state index < -0.39 is 0 Å². The van der Waals surface area contributed by atoms with E-state index in [1.165, 1.54) is 25.7 Å². The summed E-state index contributed by atoms with van der Waals surface area (Å²) in [5.74, 6) is 3.55. The molecular weight excluding hydrogens is 222 g/mol. The highest BCUT2D eigenvalue weighted by molar-refractivity contribution is 5.79. The average molecular weight is 251 g/mol. The second-order valence-electron chi connectivity index (χ2n) is 7.31.